The minimum absolute atomic E-state index is 0.00369. The van der Waals surface area contributed by atoms with Gasteiger partial charge in [-0.3, -0.25) is 4.79 Å². The smallest absolute Gasteiger partial charge is 0.160 e. The van der Waals surface area contributed by atoms with Crippen LogP contribution in [-0.4, -0.2) is 11.8 Å². The molecule has 2 rings (SSSR count). The zero-order valence-electron chi connectivity index (χ0n) is 8.41. The Labute approximate surface area is 93.9 Å². The van der Waals surface area contributed by atoms with Crippen LogP contribution in [0.1, 0.15) is 6.92 Å². The summed E-state index contributed by atoms with van der Waals surface area (Å²) < 4.78 is 0. The third-order valence-corrected chi connectivity index (χ3v) is 2.85. The number of carbonyl (C=O) groups is 1. The van der Waals surface area contributed by atoms with Gasteiger partial charge in [-0.2, -0.15) is 0 Å². The minimum Gasteiger partial charge on any atom is -0.378 e. The Kier molecular flexibility index (Phi) is 2.78. The van der Waals surface area contributed by atoms with E-state index in [1.54, 1.807) is 6.08 Å². The molecule has 0 unspecified atom stereocenters. The van der Waals surface area contributed by atoms with E-state index >= 15 is 0 Å². The monoisotopic (exact) mass is 221 g/mol. The number of ketones is 1. The highest BCUT2D eigenvalue weighted by atomic mass is 35.5. The van der Waals surface area contributed by atoms with Crippen molar-refractivity contribution in [3.05, 3.63) is 41.4 Å². The molecule has 1 N–H and O–H groups in total. The summed E-state index contributed by atoms with van der Waals surface area (Å²) in [5.41, 5.74) is 0.943. The summed E-state index contributed by atoms with van der Waals surface area (Å²) in [5, 5.41) is 3.97. The molecule has 0 aromatic heterocycles. The fraction of sp³-hybridized carbons (Fsp3) is 0.250. The van der Waals surface area contributed by atoms with Gasteiger partial charge in [0.15, 0.2) is 5.78 Å². The van der Waals surface area contributed by atoms with E-state index in [2.05, 4.69) is 5.32 Å². The lowest BCUT2D eigenvalue weighted by Gasteiger charge is -2.16. The molecule has 78 valence electrons. The van der Waals surface area contributed by atoms with Crippen molar-refractivity contribution in [1.82, 2.24) is 0 Å². The minimum atomic E-state index is 0.00369. The van der Waals surface area contributed by atoms with Gasteiger partial charge in [-0.15, -0.1) is 0 Å². The summed E-state index contributed by atoms with van der Waals surface area (Å²) in [7, 11) is 0. The molecule has 1 aromatic rings. The average Bonchev–Trinajstić information content (AvgIpc) is 2.50. The lowest BCUT2D eigenvalue weighted by molar-refractivity contribution is -0.117. The average molecular weight is 222 g/mol. The number of halogens is 1. The third kappa shape index (κ3) is 2.21. The van der Waals surface area contributed by atoms with Crippen molar-refractivity contribution >= 4 is 23.1 Å². The number of allylic oxidation sites excluding steroid dienone is 1. The van der Waals surface area contributed by atoms with Crippen molar-refractivity contribution in [3.63, 3.8) is 0 Å². The quantitative estimate of drug-likeness (QED) is 0.832. The Bertz CT molecular complexity index is 414. The van der Waals surface area contributed by atoms with Gasteiger partial charge in [0, 0.05) is 16.6 Å². The molecule has 2 atom stereocenters. The first-order valence-electron chi connectivity index (χ1n) is 4.91. The number of nitrogens with one attached hydrogen (secondary N) is 1. The highest BCUT2D eigenvalue weighted by molar-refractivity contribution is 6.30. The summed E-state index contributed by atoms with van der Waals surface area (Å²) in [6, 6.07) is 7.58. The zero-order valence-corrected chi connectivity index (χ0v) is 9.16. The SMILES string of the molecule is C[C@H]1C(=O)C=C[C@@H]1Nc1cccc(Cl)c1. The van der Waals surface area contributed by atoms with E-state index < -0.39 is 0 Å². The summed E-state index contributed by atoms with van der Waals surface area (Å²) >= 11 is 5.87. The molecule has 1 aromatic carbocycles. The van der Waals surface area contributed by atoms with Gasteiger partial charge in [-0.05, 0) is 24.3 Å². The number of benzene rings is 1. The molecule has 15 heavy (non-hydrogen) atoms. The molecular weight excluding hydrogens is 210 g/mol. The summed E-state index contributed by atoms with van der Waals surface area (Å²) in [5.74, 6) is 0.179. The fourth-order valence-electron chi connectivity index (χ4n) is 1.64. The third-order valence-electron chi connectivity index (χ3n) is 2.61. The van der Waals surface area contributed by atoms with Gasteiger partial charge < -0.3 is 5.32 Å². The summed E-state index contributed by atoms with van der Waals surface area (Å²) in [4.78, 5) is 11.3. The molecule has 0 saturated heterocycles. The second kappa shape index (κ2) is 4.07. The van der Waals surface area contributed by atoms with E-state index in [9.17, 15) is 4.79 Å². The standard InChI is InChI=1S/C12H12ClNO/c1-8-11(5-6-12(8)15)14-10-4-2-3-9(13)7-10/h2-8,11,14H,1H3/t8-,11+/m1/s1. The fourth-order valence-corrected chi connectivity index (χ4v) is 1.83. The van der Waals surface area contributed by atoms with E-state index in [1.165, 1.54) is 0 Å². The van der Waals surface area contributed by atoms with Crippen LogP contribution in [0.3, 0.4) is 0 Å². The molecule has 0 bridgehead atoms. The number of carbonyl (C=O) groups excluding carboxylic acids is 1. The van der Waals surface area contributed by atoms with Crippen LogP contribution >= 0.6 is 11.6 Å². The van der Waals surface area contributed by atoms with Crippen LogP contribution < -0.4 is 5.32 Å². The Morgan fingerprint density at radius 3 is 2.80 bits per heavy atom. The predicted octanol–water partition coefficient (Wildman–Crippen LogP) is 2.90. The molecule has 0 spiro atoms. The highest BCUT2D eigenvalue weighted by Gasteiger charge is 2.25. The number of hydrogen-bond donors (Lipinski definition) is 1. The Morgan fingerprint density at radius 2 is 2.20 bits per heavy atom. The van der Waals surface area contributed by atoms with Crippen molar-refractivity contribution < 1.29 is 4.79 Å². The predicted molar refractivity (Wildman–Crippen MR) is 62.2 cm³/mol. The van der Waals surface area contributed by atoms with E-state index in [0.717, 1.165) is 5.69 Å². The van der Waals surface area contributed by atoms with Crippen molar-refractivity contribution in [3.8, 4) is 0 Å². The van der Waals surface area contributed by atoms with Crippen LogP contribution in [-0.2, 0) is 4.79 Å². The van der Waals surface area contributed by atoms with Gasteiger partial charge in [-0.25, -0.2) is 0 Å². The van der Waals surface area contributed by atoms with Gasteiger partial charge in [-0.1, -0.05) is 30.7 Å². The zero-order chi connectivity index (χ0) is 10.8. The molecule has 3 heteroatoms. The largest absolute Gasteiger partial charge is 0.378 e. The maximum Gasteiger partial charge on any atom is 0.160 e. The Morgan fingerprint density at radius 1 is 1.40 bits per heavy atom. The first kappa shape index (κ1) is 10.2. The van der Waals surface area contributed by atoms with Crippen molar-refractivity contribution in [2.75, 3.05) is 5.32 Å². The number of hydrogen-bond acceptors (Lipinski definition) is 2. The Balaban J connectivity index is 2.10. The molecule has 2 nitrogen and oxygen atoms in total. The van der Waals surface area contributed by atoms with Crippen LogP contribution in [0.4, 0.5) is 5.69 Å². The Hall–Kier alpha value is -1.28. The lowest BCUT2D eigenvalue weighted by atomic mass is 10.0. The van der Waals surface area contributed by atoms with E-state index in [0.29, 0.717) is 5.02 Å². The molecule has 0 aliphatic heterocycles. The van der Waals surface area contributed by atoms with E-state index in [1.807, 2.05) is 37.3 Å². The lowest BCUT2D eigenvalue weighted by Crippen LogP contribution is -2.25. The number of anilines is 1. The van der Waals surface area contributed by atoms with Crippen LogP contribution in [0.5, 0.6) is 0 Å². The van der Waals surface area contributed by atoms with Crippen LogP contribution in [0.25, 0.3) is 0 Å². The maximum absolute atomic E-state index is 11.3. The van der Waals surface area contributed by atoms with Crippen molar-refractivity contribution in [2.45, 2.75) is 13.0 Å². The highest BCUT2D eigenvalue weighted by Crippen LogP contribution is 2.21. The second-order valence-corrected chi connectivity index (χ2v) is 4.17. The van der Waals surface area contributed by atoms with Crippen molar-refractivity contribution in [1.29, 1.82) is 0 Å². The van der Waals surface area contributed by atoms with Gasteiger partial charge in [0.25, 0.3) is 0 Å². The molecule has 0 radical (unpaired) electrons. The van der Waals surface area contributed by atoms with Gasteiger partial charge in [0.05, 0.1) is 6.04 Å². The number of rotatable bonds is 2. The topological polar surface area (TPSA) is 29.1 Å². The second-order valence-electron chi connectivity index (χ2n) is 3.73. The molecule has 0 amide bonds. The normalized spacial score (nSPS) is 24.5. The molecular formula is C12H12ClNO. The molecule has 1 aliphatic carbocycles. The molecule has 0 heterocycles. The first-order valence-corrected chi connectivity index (χ1v) is 5.29. The summed E-state index contributed by atoms with van der Waals surface area (Å²) in [6.07, 6.45) is 3.53. The van der Waals surface area contributed by atoms with Crippen molar-refractivity contribution in [2.24, 2.45) is 5.92 Å². The summed E-state index contributed by atoms with van der Waals surface area (Å²) in [6.45, 7) is 1.92. The van der Waals surface area contributed by atoms with Gasteiger partial charge >= 0.3 is 0 Å². The maximum atomic E-state index is 11.3. The molecule has 1 aliphatic rings. The van der Waals surface area contributed by atoms with Crippen LogP contribution in [0.15, 0.2) is 36.4 Å². The van der Waals surface area contributed by atoms with E-state index in [-0.39, 0.29) is 17.7 Å². The van der Waals surface area contributed by atoms with Crippen LogP contribution in [0, 0.1) is 5.92 Å². The molecule has 0 fully saturated rings. The van der Waals surface area contributed by atoms with E-state index in [4.69, 9.17) is 11.6 Å². The van der Waals surface area contributed by atoms with Gasteiger partial charge in [0.1, 0.15) is 0 Å². The van der Waals surface area contributed by atoms with Crippen LogP contribution in [0.2, 0.25) is 5.02 Å². The molecule has 0 saturated carbocycles. The first-order chi connectivity index (χ1) is 7.16. The van der Waals surface area contributed by atoms with Gasteiger partial charge in [0.2, 0.25) is 0 Å².